The molecule has 10 heteroatoms. The standard InChI is InChI=1S/C30H30F2N6O2/c1-3-27(39)36-24-16-20(9-10-23(24)31)29-25(34-21-7-5-4-6-8-21)18-33-30(37-29)35-22-15-19(2)28(32)26(17-22)38-11-13-40-14-12-38/h3-10,16-19,28,34H,1,11-15H2,2H3,(H,36,39). The minimum absolute atomic E-state index is 0.00674. The summed E-state index contributed by atoms with van der Waals surface area (Å²) >= 11 is 0. The molecule has 0 bridgehead atoms. The van der Waals surface area contributed by atoms with Gasteiger partial charge in [-0.15, -0.1) is 0 Å². The molecule has 1 aliphatic heterocycles. The fourth-order valence-corrected chi connectivity index (χ4v) is 4.69. The molecule has 1 saturated heterocycles. The largest absolute Gasteiger partial charge is 0.378 e. The van der Waals surface area contributed by atoms with E-state index in [1.54, 1.807) is 18.3 Å². The number of morpholine rings is 1. The number of alkyl halides is 1. The number of anilines is 3. The SMILES string of the molecule is C=CC(=O)Nc1cc(-c2nc(N=C3C=C(N4CCOCC4)C(F)C(C)C3)ncc2Nc2ccccc2)ccc1F. The Kier molecular flexibility index (Phi) is 8.26. The van der Waals surface area contributed by atoms with Crippen LogP contribution < -0.4 is 10.6 Å². The van der Waals surface area contributed by atoms with Crippen molar-refractivity contribution in [2.45, 2.75) is 19.5 Å². The molecule has 0 saturated carbocycles. The fraction of sp³-hybridized carbons (Fsp3) is 0.267. The van der Waals surface area contributed by atoms with E-state index in [2.05, 4.69) is 22.2 Å². The molecule has 1 fully saturated rings. The molecule has 5 rings (SSSR count). The first kappa shape index (κ1) is 27.1. The van der Waals surface area contributed by atoms with Crippen LogP contribution in [0.4, 0.5) is 31.8 Å². The van der Waals surface area contributed by atoms with Crippen LogP contribution >= 0.6 is 0 Å². The zero-order chi connectivity index (χ0) is 28.1. The third-order valence-electron chi connectivity index (χ3n) is 6.76. The highest BCUT2D eigenvalue weighted by Gasteiger charge is 2.31. The van der Waals surface area contributed by atoms with Gasteiger partial charge in [0.1, 0.15) is 12.0 Å². The number of benzene rings is 2. The van der Waals surface area contributed by atoms with Crippen molar-refractivity contribution in [3.63, 3.8) is 0 Å². The van der Waals surface area contributed by atoms with E-state index < -0.39 is 17.9 Å². The Hall–Kier alpha value is -4.44. The summed E-state index contributed by atoms with van der Waals surface area (Å²) in [5.41, 5.74) is 3.63. The third kappa shape index (κ3) is 6.23. The second-order valence-corrected chi connectivity index (χ2v) is 9.67. The number of aromatic nitrogens is 2. The number of carbonyl (C=O) groups excluding carboxylic acids is 1. The van der Waals surface area contributed by atoms with Crippen molar-refractivity contribution in [1.82, 2.24) is 14.9 Å². The van der Waals surface area contributed by atoms with Crippen LogP contribution in [0.3, 0.4) is 0 Å². The maximum atomic E-state index is 15.2. The maximum Gasteiger partial charge on any atom is 0.250 e. The number of hydrogen-bond donors (Lipinski definition) is 2. The molecule has 206 valence electrons. The van der Waals surface area contributed by atoms with Crippen LogP contribution in [0.25, 0.3) is 11.3 Å². The lowest BCUT2D eigenvalue weighted by molar-refractivity contribution is -0.111. The Balaban J connectivity index is 1.55. The highest BCUT2D eigenvalue weighted by molar-refractivity contribution is 6.00. The number of carbonyl (C=O) groups is 1. The fourth-order valence-electron chi connectivity index (χ4n) is 4.69. The average molecular weight is 545 g/mol. The normalized spacial score (nSPS) is 20.1. The number of amides is 1. The Labute approximate surface area is 231 Å². The summed E-state index contributed by atoms with van der Waals surface area (Å²) < 4.78 is 35.1. The van der Waals surface area contributed by atoms with Gasteiger partial charge in [0.05, 0.1) is 42.2 Å². The van der Waals surface area contributed by atoms with Crippen LogP contribution in [-0.2, 0) is 9.53 Å². The van der Waals surface area contributed by atoms with E-state index in [4.69, 9.17) is 14.7 Å². The molecule has 40 heavy (non-hydrogen) atoms. The Morgan fingerprint density at radius 1 is 1.18 bits per heavy atom. The minimum atomic E-state index is -1.09. The molecule has 2 atom stereocenters. The first-order valence-corrected chi connectivity index (χ1v) is 13.1. The molecule has 0 spiro atoms. The molecule has 2 aromatic carbocycles. The van der Waals surface area contributed by atoms with Gasteiger partial charge in [-0.05, 0) is 54.8 Å². The lowest BCUT2D eigenvalue weighted by Crippen LogP contribution is -2.41. The number of aliphatic imine (C=N–C) groups is 1. The number of nitrogens with zero attached hydrogens (tertiary/aromatic N) is 4. The van der Waals surface area contributed by atoms with E-state index in [0.29, 0.717) is 61.1 Å². The molecular formula is C30H30F2N6O2. The summed E-state index contributed by atoms with van der Waals surface area (Å²) in [6.07, 6.45) is 3.81. The van der Waals surface area contributed by atoms with E-state index >= 15 is 4.39 Å². The summed E-state index contributed by atoms with van der Waals surface area (Å²) in [5, 5.41) is 5.78. The van der Waals surface area contributed by atoms with Crippen LogP contribution in [0.15, 0.2) is 84.1 Å². The van der Waals surface area contributed by atoms with Gasteiger partial charge in [0.2, 0.25) is 11.9 Å². The van der Waals surface area contributed by atoms with Crippen molar-refractivity contribution in [3.8, 4) is 11.3 Å². The molecule has 2 N–H and O–H groups in total. The van der Waals surface area contributed by atoms with Crippen LogP contribution in [0.1, 0.15) is 13.3 Å². The van der Waals surface area contributed by atoms with Crippen LogP contribution in [-0.4, -0.2) is 59.0 Å². The van der Waals surface area contributed by atoms with E-state index in [9.17, 15) is 9.18 Å². The van der Waals surface area contributed by atoms with Crippen molar-refractivity contribution in [2.75, 3.05) is 36.9 Å². The highest BCUT2D eigenvalue weighted by Crippen LogP contribution is 2.33. The van der Waals surface area contributed by atoms with Crippen molar-refractivity contribution < 1.29 is 18.3 Å². The lowest BCUT2D eigenvalue weighted by atomic mass is 9.89. The number of ether oxygens (including phenoxy) is 1. The van der Waals surface area contributed by atoms with Crippen molar-refractivity contribution >= 4 is 34.6 Å². The number of allylic oxidation sites excluding steroid dienone is 2. The molecule has 3 aromatic rings. The predicted molar refractivity (Wildman–Crippen MR) is 152 cm³/mol. The topological polar surface area (TPSA) is 91.7 Å². The minimum Gasteiger partial charge on any atom is -0.378 e. The van der Waals surface area contributed by atoms with Crippen LogP contribution in [0.2, 0.25) is 0 Å². The quantitative estimate of drug-likeness (QED) is 0.365. The summed E-state index contributed by atoms with van der Waals surface area (Å²) in [7, 11) is 0. The highest BCUT2D eigenvalue weighted by atomic mass is 19.1. The molecule has 8 nitrogen and oxygen atoms in total. The Morgan fingerprint density at radius 3 is 2.70 bits per heavy atom. The summed E-state index contributed by atoms with van der Waals surface area (Å²) in [4.78, 5) is 27.7. The van der Waals surface area contributed by atoms with Gasteiger partial charge in [-0.3, -0.25) is 4.79 Å². The molecule has 1 amide bonds. The van der Waals surface area contributed by atoms with Gasteiger partial charge in [-0.1, -0.05) is 31.7 Å². The number of rotatable bonds is 7. The predicted octanol–water partition coefficient (Wildman–Crippen LogP) is 5.82. The smallest absolute Gasteiger partial charge is 0.250 e. The Morgan fingerprint density at radius 2 is 1.95 bits per heavy atom. The zero-order valence-corrected chi connectivity index (χ0v) is 22.1. The zero-order valence-electron chi connectivity index (χ0n) is 22.1. The second kappa shape index (κ2) is 12.2. The molecule has 2 unspecified atom stereocenters. The van der Waals surface area contributed by atoms with E-state index in [1.807, 2.05) is 42.2 Å². The molecule has 1 aliphatic carbocycles. The second-order valence-electron chi connectivity index (χ2n) is 9.67. The van der Waals surface area contributed by atoms with Crippen LogP contribution in [0, 0.1) is 11.7 Å². The van der Waals surface area contributed by atoms with E-state index in [-0.39, 0.29) is 17.6 Å². The third-order valence-corrected chi connectivity index (χ3v) is 6.76. The van der Waals surface area contributed by atoms with Gasteiger partial charge >= 0.3 is 0 Å². The molecular weight excluding hydrogens is 514 g/mol. The Bertz CT molecular complexity index is 1450. The number of halogens is 2. The van der Waals surface area contributed by atoms with Gasteiger partial charge in [-0.25, -0.2) is 23.7 Å². The maximum absolute atomic E-state index is 15.2. The van der Waals surface area contributed by atoms with Crippen LogP contribution in [0.5, 0.6) is 0 Å². The average Bonchev–Trinajstić information content (AvgIpc) is 2.97. The lowest BCUT2D eigenvalue weighted by Gasteiger charge is -2.36. The molecule has 0 radical (unpaired) electrons. The van der Waals surface area contributed by atoms with Gasteiger partial charge in [0, 0.05) is 30.1 Å². The number of para-hydroxylation sites is 1. The number of hydrogen-bond acceptors (Lipinski definition) is 7. The molecule has 2 aliphatic rings. The van der Waals surface area contributed by atoms with Gasteiger partial charge in [0.15, 0.2) is 0 Å². The van der Waals surface area contributed by atoms with E-state index in [1.165, 1.54) is 12.1 Å². The van der Waals surface area contributed by atoms with Crippen molar-refractivity contribution in [1.29, 1.82) is 0 Å². The molecule has 2 heterocycles. The van der Waals surface area contributed by atoms with E-state index in [0.717, 1.165) is 11.8 Å². The van der Waals surface area contributed by atoms with Gasteiger partial charge in [-0.2, -0.15) is 0 Å². The van der Waals surface area contributed by atoms with Gasteiger partial charge in [0.25, 0.3) is 0 Å². The first-order valence-electron chi connectivity index (χ1n) is 13.1. The summed E-state index contributed by atoms with van der Waals surface area (Å²) in [6.45, 7) is 7.65. The monoisotopic (exact) mass is 544 g/mol. The first-order chi connectivity index (χ1) is 19.4. The number of nitrogens with one attached hydrogen (secondary N) is 2. The van der Waals surface area contributed by atoms with Crippen molar-refractivity contribution in [3.05, 3.63) is 85.0 Å². The molecule has 1 aromatic heterocycles. The summed E-state index contributed by atoms with van der Waals surface area (Å²) in [6, 6.07) is 13.8. The van der Waals surface area contributed by atoms with Crippen molar-refractivity contribution in [2.24, 2.45) is 10.9 Å². The van der Waals surface area contributed by atoms with Gasteiger partial charge < -0.3 is 20.3 Å². The summed E-state index contributed by atoms with van der Waals surface area (Å²) in [5.74, 6) is -1.20.